The second-order valence-corrected chi connectivity index (χ2v) is 9.54. The van der Waals surface area contributed by atoms with Gasteiger partial charge in [-0.3, -0.25) is 4.79 Å². The fraction of sp³-hybridized carbons (Fsp3) is 0.667. The van der Waals surface area contributed by atoms with E-state index in [-0.39, 0.29) is 17.6 Å². The van der Waals surface area contributed by atoms with E-state index in [4.69, 9.17) is 16.7 Å². The molecule has 1 aliphatic carbocycles. The van der Waals surface area contributed by atoms with Crippen molar-refractivity contribution in [3.05, 3.63) is 34.9 Å². The molecule has 7 heteroatoms. The van der Waals surface area contributed by atoms with E-state index in [0.717, 1.165) is 31.2 Å². The third kappa shape index (κ3) is 6.92. The van der Waals surface area contributed by atoms with Gasteiger partial charge in [-0.2, -0.15) is 11.8 Å². The molecule has 0 radical (unpaired) electrons. The van der Waals surface area contributed by atoms with E-state index in [0.29, 0.717) is 23.6 Å². The maximum Gasteiger partial charge on any atom is 0.303 e. The van der Waals surface area contributed by atoms with E-state index in [1.54, 1.807) is 31.2 Å². The molecule has 5 atom stereocenters. The Bertz CT molecular complexity index is 622. The van der Waals surface area contributed by atoms with Crippen LogP contribution in [0.1, 0.15) is 57.4 Å². The summed E-state index contributed by atoms with van der Waals surface area (Å²) < 4.78 is 0. The molecule has 0 bridgehead atoms. The van der Waals surface area contributed by atoms with E-state index < -0.39 is 23.8 Å². The monoisotopic (exact) mass is 430 g/mol. The van der Waals surface area contributed by atoms with Crippen molar-refractivity contribution in [3.63, 3.8) is 0 Å². The van der Waals surface area contributed by atoms with Gasteiger partial charge in [-0.15, -0.1) is 0 Å². The molecule has 0 aromatic heterocycles. The number of halogens is 1. The minimum Gasteiger partial charge on any atom is -0.481 e. The van der Waals surface area contributed by atoms with Crippen LogP contribution in [0.25, 0.3) is 0 Å². The largest absolute Gasteiger partial charge is 0.481 e. The quantitative estimate of drug-likeness (QED) is 0.398. The maximum absolute atomic E-state index is 10.8. The van der Waals surface area contributed by atoms with E-state index >= 15 is 0 Å². The third-order valence-corrected chi connectivity index (χ3v) is 7.51. The molecule has 1 aromatic carbocycles. The van der Waals surface area contributed by atoms with Crippen molar-refractivity contribution in [2.24, 2.45) is 5.92 Å². The molecule has 2 rings (SSSR count). The lowest BCUT2D eigenvalue weighted by Gasteiger charge is -2.29. The van der Waals surface area contributed by atoms with Crippen LogP contribution in [-0.2, 0) is 10.4 Å². The lowest BCUT2D eigenvalue weighted by Crippen LogP contribution is -2.30. The highest BCUT2D eigenvalue weighted by molar-refractivity contribution is 8.00. The minimum atomic E-state index is -1.05. The van der Waals surface area contributed by atoms with E-state index in [2.05, 4.69) is 0 Å². The molecule has 0 spiro atoms. The molecule has 0 saturated heterocycles. The number of aliphatic hydroxyl groups is 3. The van der Waals surface area contributed by atoms with Gasteiger partial charge in [-0.05, 0) is 43.4 Å². The number of aliphatic carboxylic acids is 1. The van der Waals surface area contributed by atoms with Crippen LogP contribution in [0.5, 0.6) is 0 Å². The first-order valence-corrected chi connectivity index (χ1v) is 11.3. The first-order valence-electron chi connectivity index (χ1n) is 9.88. The highest BCUT2D eigenvalue weighted by atomic mass is 35.5. The van der Waals surface area contributed by atoms with Crippen LogP contribution >= 0.6 is 23.4 Å². The van der Waals surface area contributed by atoms with Gasteiger partial charge < -0.3 is 20.4 Å². The maximum atomic E-state index is 10.8. The number of carbonyl (C=O) groups is 1. The average Bonchev–Trinajstić information content (AvgIpc) is 2.89. The number of benzene rings is 1. The Kier molecular flexibility index (Phi) is 9.09. The third-order valence-electron chi connectivity index (χ3n) is 5.48. The molecule has 3 unspecified atom stereocenters. The van der Waals surface area contributed by atoms with Crippen molar-refractivity contribution in [3.8, 4) is 0 Å². The summed E-state index contributed by atoms with van der Waals surface area (Å²) in [5.41, 5.74) is -0.281. The Labute approximate surface area is 176 Å². The average molecular weight is 431 g/mol. The second-order valence-electron chi connectivity index (χ2n) is 7.94. The fourth-order valence-corrected chi connectivity index (χ4v) is 5.52. The topological polar surface area (TPSA) is 98.0 Å². The Balaban J connectivity index is 1.85. The van der Waals surface area contributed by atoms with Crippen LogP contribution in [0.15, 0.2) is 24.3 Å². The number of carboxylic acid groups (broad SMARTS) is 1. The summed E-state index contributed by atoms with van der Waals surface area (Å²) in [4.78, 5) is 10.5. The number of aliphatic hydroxyl groups excluding tert-OH is 2. The predicted octanol–water partition coefficient (Wildman–Crippen LogP) is 3.82. The second kappa shape index (κ2) is 10.8. The smallest absolute Gasteiger partial charge is 0.303 e. The SMILES string of the molecule is CC(O)(CS[C@H]1C(O)CC(O)[C@@H]1CCCCCCC(=O)O)c1ccc(Cl)cc1. The van der Waals surface area contributed by atoms with E-state index in [1.807, 2.05) is 0 Å². The molecule has 0 aliphatic heterocycles. The van der Waals surface area contributed by atoms with Gasteiger partial charge in [0.2, 0.25) is 0 Å². The van der Waals surface area contributed by atoms with Gasteiger partial charge in [-0.1, -0.05) is 43.0 Å². The van der Waals surface area contributed by atoms with Gasteiger partial charge in [0.05, 0.1) is 17.8 Å². The lowest BCUT2D eigenvalue weighted by atomic mass is 9.97. The summed E-state index contributed by atoms with van der Waals surface area (Å²) in [6.07, 6.45) is 3.60. The number of hydrogen-bond donors (Lipinski definition) is 4. The molecular formula is C21H31ClO5S. The fourth-order valence-electron chi connectivity index (χ4n) is 3.81. The standard InChI is InChI=1S/C21H31ClO5S/c1-21(27,14-8-10-15(22)11-9-14)13-28-20-16(17(23)12-18(20)24)6-4-2-3-5-7-19(25)26/h8-11,16-18,20,23-24,27H,2-7,12-13H2,1H3,(H,25,26)/t16-,17?,18?,20+,21?/m0/s1. The molecule has 1 aromatic rings. The van der Waals surface area contributed by atoms with Crippen LogP contribution in [0.3, 0.4) is 0 Å². The summed E-state index contributed by atoms with van der Waals surface area (Å²) >= 11 is 7.43. The summed E-state index contributed by atoms with van der Waals surface area (Å²) in [5, 5.41) is 40.8. The molecule has 1 saturated carbocycles. The predicted molar refractivity (Wildman–Crippen MR) is 113 cm³/mol. The number of rotatable bonds is 11. The van der Waals surface area contributed by atoms with E-state index in [1.165, 1.54) is 11.8 Å². The summed E-state index contributed by atoms with van der Waals surface area (Å²) in [5.74, 6) is -0.364. The van der Waals surface area contributed by atoms with Crippen molar-refractivity contribution in [2.75, 3.05) is 5.75 Å². The normalized spacial score (nSPS) is 26.9. The number of hydrogen-bond acceptors (Lipinski definition) is 5. The number of thioether (sulfide) groups is 1. The number of carboxylic acids is 1. The van der Waals surface area contributed by atoms with E-state index in [9.17, 15) is 20.1 Å². The van der Waals surface area contributed by atoms with Crippen molar-refractivity contribution >= 4 is 29.3 Å². The Hall–Kier alpha value is -0.790. The Morgan fingerprint density at radius 1 is 1.14 bits per heavy atom. The van der Waals surface area contributed by atoms with Crippen LogP contribution in [0.2, 0.25) is 5.02 Å². The molecule has 0 heterocycles. The summed E-state index contributed by atoms with van der Waals surface area (Å²) in [7, 11) is 0. The van der Waals surface area contributed by atoms with Crippen LogP contribution in [-0.4, -0.2) is 49.6 Å². The lowest BCUT2D eigenvalue weighted by molar-refractivity contribution is -0.137. The molecule has 1 fully saturated rings. The highest BCUT2D eigenvalue weighted by Gasteiger charge is 2.42. The van der Waals surface area contributed by atoms with Crippen molar-refractivity contribution in [1.29, 1.82) is 0 Å². The zero-order chi connectivity index (χ0) is 20.7. The Morgan fingerprint density at radius 3 is 2.43 bits per heavy atom. The van der Waals surface area contributed by atoms with Crippen molar-refractivity contribution < 1.29 is 25.2 Å². The Morgan fingerprint density at radius 2 is 1.79 bits per heavy atom. The van der Waals surface area contributed by atoms with Gasteiger partial charge in [0, 0.05) is 28.9 Å². The van der Waals surface area contributed by atoms with Gasteiger partial charge in [-0.25, -0.2) is 0 Å². The minimum absolute atomic E-state index is 0.0134. The highest BCUT2D eigenvalue weighted by Crippen LogP contribution is 2.41. The summed E-state index contributed by atoms with van der Waals surface area (Å²) in [6, 6.07) is 7.10. The molecule has 1 aliphatic rings. The molecular weight excluding hydrogens is 400 g/mol. The van der Waals surface area contributed by atoms with Gasteiger partial charge in [0.1, 0.15) is 0 Å². The van der Waals surface area contributed by atoms with Crippen molar-refractivity contribution in [1.82, 2.24) is 0 Å². The molecule has 5 nitrogen and oxygen atoms in total. The first kappa shape index (κ1) is 23.5. The van der Waals surface area contributed by atoms with Crippen LogP contribution < -0.4 is 0 Å². The summed E-state index contributed by atoms with van der Waals surface area (Å²) in [6.45, 7) is 1.75. The van der Waals surface area contributed by atoms with Gasteiger partial charge >= 0.3 is 5.97 Å². The molecule has 0 amide bonds. The zero-order valence-electron chi connectivity index (χ0n) is 16.3. The van der Waals surface area contributed by atoms with Crippen molar-refractivity contribution in [2.45, 2.75) is 74.9 Å². The first-order chi connectivity index (χ1) is 13.2. The molecule has 4 N–H and O–H groups in total. The molecule has 158 valence electrons. The number of unbranched alkanes of at least 4 members (excludes halogenated alkanes) is 3. The van der Waals surface area contributed by atoms with Crippen LogP contribution in [0, 0.1) is 5.92 Å². The van der Waals surface area contributed by atoms with Gasteiger partial charge in [0.25, 0.3) is 0 Å². The van der Waals surface area contributed by atoms with Gasteiger partial charge in [0.15, 0.2) is 0 Å². The molecule has 28 heavy (non-hydrogen) atoms. The van der Waals surface area contributed by atoms with Crippen LogP contribution in [0.4, 0.5) is 0 Å². The zero-order valence-corrected chi connectivity index (χ0v) is 17.8.